The Bertz CT molecular complexity index is 447. The van der Waals surface area contributed by atoms with Crippen LogP contribution in [0.2, 0.25) is 0 Å². The highest BCUT2D eigenvalue weighted by molar-refractivity contribution is 6.18. The van der Waals surface area contributed by atoms with Crippen molar-refractivity contribution in [1.29, 1.82) is 0 Å². The van der Waals surface area contributed by atoms with E-state index in [9.17, 15) is 4.79 Å². The molecule has 4 heteroatoms. The molecule has 96 valence electrons. The van der Waals surface area contributed by atoms with E-state index in [0.29, 0.717) is 25.5 Å². The van der Waals surface area contributed by atoms with Gasteiger partial charge in [-0.2, -0.15) is 0 Å². The lowest BCUT2D eigenvalue weighted by Crippen LogP contribution is -2.24. The number of ether oxygens (including phenoxy) is 1. The molecule has 1 aliphatic heterocycles. The van der Waals surface area contributed by atoms with Crippen LogP contribution < -0.4 is 9.64 Å². The second kappa shape index (κ2) is 5.91. The van der Waals surface area contributed by atoms with Gasteiger partial charge in [0.1, 0.15) is 12.4 Å². The fourth-order valence-corrected chi connectivity index (χ4v) is 2.24. The third-order valence-corrected chi connectivity index (χ3v) is 3.36. The number of alkyl halides is 1. The first-order valence-corrected chi connectivity index (χ1v) is 6.48. The maximum absolute atomic E-state index is 11.9. The topological polar surface area (TPSA) is 29.5 Å². The number of hydrogen-bond acceptors (Lipinski definition) is 2. The summed E-state index contributed by atoms with van der Waals surface area (Å²) in [6.07, 6.45) is 2.22. The maximum Gasteiger partial charge on any atom is 0.227 e. The summed E-state index contributed by atoms with van der Waals surface area (Å²) in [5, 5.41) is 0. The minimum Gasteiger partial charge on any atom is -0.489 e. The maximum atomic E-state index is 11.9. The molecule has 1 heterocycles. The van der Waals surface area contributed by atoms with Gasteiger partial charge in [0.25, 0.3) is 0 Å². The predicted molar refractivity (Wildman–Crippen MR) is 73.3 cm³/mol. The van der Waals surface area contributed by atoms with Gasteiger partial charge in [-0.15, -0.1) is 11.6 Å². The normalized spacial score (nSPS) is 19.1. The summed E-state index contributed by atoms with van der Waals surface area (Å²) in [4.78, 5) is 13.7. The zero-order valence-electron chi connectivity index (χ0n) is 10.1. The summed E-state index contributed by atoms with van der Waals surface area (Å²) in [7, 11) is 0. The largest absolute Gasteiger partial charge is 0.489 e. The van der Waals surface area contributed by atoms with E-state index in [1.54, 1.807) is 11.0 Å². The van der Waals surface area contributed by atoms with Crippen LogP contribution in [0.15, 0.2) is 36.9 Å². The van der Waals surface area contributed by atoms with Crippen LogP contribution in [0.5, 0.6) is 5.75 Å². The number of anilines is 1. The third kappa shape index (κ3) is 2.85. The third-order valence-electron chi connectivity index (χ3n) is 2.92. The Hall–Kier alpha value is -1.48. The number of benzene rings is 1. The fraction of sp³-hybridized carbons (Fsp3) is 0.357. The number of amides is 1. The molecule has 0 bridgehead atoms. The second-order valence-electron chi connectivity index (χ2n) is 4.33. The highest BCUT2D eigenvalue weighted by Gasteiger charge is 2.29. The number of carbonyl (C=O) groups is 1. The molecule has 1 amide bonds. The molecule has 18 heavy (non-hydrogen) atoms. The molecule has 1 saturated heterocycles. The van der Waals surface area contributed by atoms with Gasteiger partial charge in [0, 0.05) is 30.6 Å². The SMILES string of the molecule is C=CCOc1cccc(N2CC(CCl)CC2=O)c1. The Balaban J connectivity index is 2.13. The van der Waals surface area contributed by atoms with E-state index in [-0.39, 0.29) is 11.8 Å². The van der Waals surface area contributed by atoms with Gasteiger partial charge in [-0.3, -0.25) is 4.79 Å². The summed E-state index contributed by atoms with van der Waals surface area (Å²) in [5.74, 6) is 1.64. The van der Waals surface area contributed by atoms with Gasteiger partial charge in [0.05, 0.1) is 0 Å². The molecule has 0 aromatic heterocycles. The lowest BCUT2D eigenvalue weighted by atomic mass is 10.1. The summed E-state index contributed by atoms with van der Waals surface area (Å²) in [6.45, 7) is 4.75. The number of hydrogen-bond donors (Lipinski definition) is 0. The number of nitrogens with zero attached hydrogens (tertiary/aromatic N) is 1. The standard InChI is InChI=1S/C14H16ClNO2/c1-2-6-18-13-5-3-4-12(8-13)16-10-11(9-15)7-14(16)17/h2-5,8,11H,1,6-7,9-10H2. The summed E-state index contributed by atoms with van der Waals surface area (Å²) < 4.78 is 5.46. The van der Waals surface area contributed by atoms with Gasteiger partial charge < -0.3 is 9.64 Å². The van der Waals surface area contributed by atoms with Crippen molar-refractivity contribution in [1.82, 2.24) is 0 Å². The molecule has 0 aliphatic carbocycles. The van der Waals surface area contributed by atoms with Gasteiger partial charge in [-0.25, -0.2) is 0 Å². The zero-order chi connectivity index (χ0) is 13.0. The highest BCUT2D eigenvalue weighted by atomic mass is 35.5. The van der Waals surface area contributed by atoms with E-state index in [1.165, 1.54) is 0 Å². The average molecular weight is 266 g/mol. The van der Waals surface area contributed by atoms with Crippen LogP contribution in [0, 0.1) is 5.92 Å². The highest BCUT2D eigenvalue weighted by Crippen LogP contribution is 2.28. The van der Waals surface area contributed by atoms with Gasteiger partial charge in [-0.1, -0.05) is 18.7 Å². The first-order chi connectivity index (χ1) is 8.74. The van der Waals surface area contributed by atoms with Gasteiger partial charge in [0.2, 0.25) is 5.91 Å². The van der Waals surface area contributed by atoms with Crippen molar-refractivity contribution in [2.45, 2.75) is 6.42 Å². The Morgan fingerprint density at radius 2 is 2.39 bits per heavy atom. The molecule has 0 radical (unpaired) electrons. The Morgan fingerprint density at radius 3 is 3.06 bits per heavy atom. The predicted octanol–water partition coefficient (Wildman–Crippen LogP) is 2.84. The van der Waals surface area contributed by atoms with Crippen LogP contribution in [0.4, 0.5) is 5.69 Å². The molecule has 0 saturated carbocycles. The minimum atomic E-state index is 0.126. The van der Waals surface area contributed by atoms with Crippen molar-refractivity contribution in [2.24, 2.45) is 5.92 Å². The second-order valence-corrected chi connectivity index (χ2v) is 4.63. The summed E-state index contributed by atoms with van der Waals surface area (Å²) >= 11 is 5.81. The number of halogens is 1. The smallest absolute Gasteiger partial charge is 0.227 e. The Kier molecular flexibility index (Phi) is 4.26. The molecular formula is C14H16ClNO2. The van der Waals surface area contributed by atoms with E-state index in [1.807, 2.05) is 24.3 Å². The molecule has 2 rings (SSSR count). The Labute approximate surface area is 112 Å². The van der Waals surface area contributed by atoms with Crippen LogP contribution in [-0.4, -0.2) is 24.9 Å². The number of carbonyl (C=O) groups excluding carboxylic acids is 1. The first-order valence-electron chi connectivity index (χ1n) is 5.94. The molecule has 1 unspecified atom stereocenters. The number of rotatable bonds is 5. The van der Waals surface area contributed by atoms with Gasteiger partial charge >= 0.3 is 0 Å². The van der Waals surface area contributed by atoms with Crippen molar-refractivity contribution in [3.63, 3.8) is 0 Å². The summed E-state index contributed by atoms with van der Waals surface area (Å²) in [5.41, 5.74) is 0.870. The fourth-order valence-electron chi connectivity index (χ4n) is 2.03. The van der Waals surface area contributed by atoms with Crippen molar-refractivity contribution < 1.29 is 9.53 Å². The molecule has 1 atom stereocenters. The van der Waals surface area contributed by atoms with Crippen LogP contribution in [-0.2, 0) is 4.79 Å². The quantitative estimate of drug-likeness (QED) is 0.605. The lowest BCUT2D eigenvalue weighted by Gasteiger charge is -2.17. The molecule has 1 aliphatic rings. The molecule has 0 spiro atoms. The Morgan fingerprint density at radius 1 is 1.56 bits per heavy atom. The van der Waals surface area contributed by atoms with E-state index in [2.05, 4.69) is 6.58 Å². The van der Waals surface area contributed by atoms with Crippen molar-refractivity contribution in [3.05, 3.63) is 36.9 Å². The molecule has 1 aromatic carbocycles. The van der Waals surface area contributed by atoms with E-state index in [4.69, 9.17) is 16.3 Å². The van der Waals surface area contributed by atoms with Crippen molar-refractivity contribution >= 4 is 23.2 Å². The molecule has 1 aromatic rings. The lowest BCUT2D eigenvalue weighted by molar-refractivity contribution is -0.117. The van der Waals surface area contributed by atoms with E-state index < -0.39 is 0 Å². The minimum absolute atomic E-state index is 0.126. The molecule has 1 fully saturated rings. The van der Waals surface area contributed by atoms with Crippen LogP contribution in [0.25, 0.3) is 0 Å². The summed E-state index contributed by atoms with van der Waals surface area (Å²) in [6, 6.07) is 7.54. The molecule has 3 nitrogen and oxygen atoms in total. The van der Waals surface area contributed by atoms with Crippen LogP contribution >= 0.6 is 11.6 Å². The van der Waals surface area contributed by atoms with Crippen molar-refractivity contribution in [2.75, 3.05) is 23.9 Å². The van der Waals surface area contributed by atoms with Crippen LogP contribution in [0.3, 0.4) is 0 Å². The van der Waals surface area contributed by atoms with Crippen molar-refractivity contribution in [3.8, 4) is 5.75 Å². The first kappa shape index (κ1) is 13.0. The van der Waals surface area contributed by atoms with E-state index >= 15 is 0 Å². The van der Waals surface area contributed by atoms with E-state index in [0.717, 1.165) is 11.4 Å². The van der Waals surface area contributed by atoms with Crippen LogP contribution in [0.1, 0.15) is 6.42 Å². The molecular weight excluding hydrogens is 250 g/mol. The van der Waals surface area contributed by atoms with Gasteiger partial charge in [-0.05, 0) is 18.1 Å². The average Bonchev–Trinajstić information content (AvgIpc) is 2.78. The van der Waals surface area contributed by atoms with Gasteiger partial charge in [0.15, 0.2) is 0 Å². The monoisotopic (exact) mass is 265 g/mol. The molecule has 0 N–H and O–H groups in total. The zero-order valence-corrected chi connectivity index (χ0v) is 10.9.